The van der Waals surface area contributed by atoms with E-state index in [0.717, 1.165) is 18.3 Å². The molecule has 66 valence electrons. The minimum absolute atomic E-state index is 0.667. The summed E-state index contributed by atoms with van der Waals surface area (Å²) in [6, 6.07) is 1.84. The van der Waals surface area contributed by atoms with Gasteiger partial charge in [-0.05, 0) is 60.5 Å². The maximum Gasteiger partial charge on any atom is 0.134 e. The molecule has 1 nitrogen and oxygen atoms in total. The second-order valence-electron chi connectivity index (χ2n) is 2.00. The Labute approximate surface area is 106 Å². The topological polar surface area (TPSA) is 9.23 Å². The van der Waals surface area contributed by atoms with Gasteiger partial charge in [0.05, 0.1) is 20.2 Å². The Morgan fingerprint density at radius 1 is 1.50 bits per heavy atom. The molecule has 0 amide bonds. The molecule has 0 radical (unpaired) electrons. The molecule has 0 aliphatic rings. The molecule has 0 bridgehead atoms. The molecule has 1 aromatic carbocycles. The Hall–Kier alpha value is 1.000. The summed E-state index contributed by atoms with van der Waals surface area (Å²) in [5, 5.41) is 0.667. The van der Waals surface area contributed by atoms with Gasteiger partial charge in [0.25, 0.3) is 0 Å². The number of methoxy groups -OCH3 is 1. The molecule has 0 spiro atoms. The van der Waals surface area contributed by atoms with Crippen LogP contribution in [0.15, 0.2) is 15.0 Å². The van der Waals surface area contributed by atoms with Crippen molar-refractivity contribution in [2.75, 3.05) is 7.11 Å². The summed E-state index contributed by atoms with van der Waals surface area (Å²) in [5.74, 6) is 0.804. The molecule has 1 aromatic rings. The Kier molecular flexibility index (Phi) is 4.14. The number of benzene rings is 1. The minimum Gasteiger partial charge on any atom is -0.496 e. The van der Waals surface area contributed by atoms with Gasteiger partial charge in [-0.1, -0.05) is 11.6 Å². The van der Waals surface area contributed by atoms with Crippen LogP contribution in [-0.4, -0.2) is 7.11 Å². The first kappa shape index (κ1) is 11.1. The van der Waals surface area contributed by atoms with Crippen LogP contribution in [0.3, 0.4) is 0 Å². The van der Waals surface area contributed by atoms with E-state index >= 15 is 0 Å². The maximum absolute atomic E-state index is 5.96. The second-order valence-corrected chi connectivity index (χ2v) is 5.11. The van der Waals surface area contributed by atoms with E-state index in [1.165, 1.54) is 0 Å². The van der Waals surface area contributed by atoms with Crippen molar-refractivity contribution in [1.29, 1.82) is 0 Å². The highest BCUT2D eigenvalue weighted by Crippen LogP contribution is 2.39. The van der Waals surface area contributed by atoms with Gasteiger partial charge < -0.3 is 4.74 Å². The summed E-state index contributed by atoms with van der Waals surface area (Å²) in [4.78, 5) is 0. The Morgan fingerprint density at radius 3 is 2.58 bits per heavy atom. The zero-order valence-corrected chi connectivity index (χ0v) is 12.1. The van der Waals surface area contributed by atoms with Gasteiger partial charge in [-0.2, -0.15) is 0 Å². The number of rotatable bonds is 1. The van der Waals surface area contributed by atoms with E-state index < -0.39 is 0 Å². The number of halogens is 4. The molecule has 0 unspecified atom stereocenters. The van der Waals surface area contributed by atoms with Gasteiger partial charge >= 0.3 is 0 Å². The summed E-state index contributed by atoms with van der Waals surface area (Å²) in [7, 11) is 1.63. The third-order valence-corrected chi connectivity index (χ3v) is 5.37. The Bertz CT molecular complexity index is 317. The van der Waals surface area contributed by atoms with Crippen LogP contribution in [0, 0.1) is 3.57 Å². The van der Waals surface area contributed by atoms with E-state index in [0.29, 0.717) is 5.02 Å². The fourth-order valence-corrected chi connectivity index (χ4v) is 2.73. The molecule has 0 aliphatic heterocycles. The fraction of sp³-hybridized carbons (Fsp3) is 0.143. The molecule has 0 aromatic heterocycles. The molecule has 1 rings (SSSR count). The van der Waals surface area contributed by atoms with Gasteiger partial charge in [0.1, 0.15) is 5.75 Å². The lowest BCUT2D eigenvalue weighted by atomic mass is 10.3. The summed E-state index contributed by atoms with van der Waals surface area (Å²) < 4.78 is 7.80. The van der Waals surface area contributed by atoms with Crippen LogP contribution >= 0.6 is 66.1 Å². The summed E-state index contributed by atoms with van der Waals surface area (Å²) in [5.41, 5.74) is 0. The molecule has 0 fully saturated rings. The highest BCUT2D eigenvalue weighted by atomic mass is 127. The van der Waals surface area contributed by atoms with Crippen LogP contribution in [-0.2, 0) is 0 Å². The van der Waals surface area contributed by atoms with Crippen LogP contribution in [0.2, 0.25) is 5.02 Å². The standard InChI is InChI=1S/C7H4Br2ClIO/c1-12-4-2-3(8)6(10)5(9)7(4)11/h2H,1H3. The normalized spacial score (nSPS) is 10.1. The highest BCUT2D eigenvalue weighted by Gasteiger charge is 2.11. The van der Waals surface area contributed by atoms with Crippen LogP contribution in [0.4, 0.5) is 0 Å². The highest BCUT2D eigenvalue weighted by molar-refractivity contribution is 14.1. The monoisotopic (exact) mass is 424 g/mol. The van der Waals surface area contributed by atoms with Gasteiger partial charge in [0.2, 0.25) is 0 Å². The van der Waals surface area contributed by atoms with Crippen molar-refractivity contribution in [1.82, 2.24) is 0 Å². The van der Waals surface area contributed by atoms with E-state index in [1.54, 1.807) is 7.11 Å². The third kappa shape index (κ3) is 2.08. The third-order valence-electron chi connectivity index (χ3n) is 1.29. The molecule has 0 N–H and O–H groups in total. The van der Waals surface area contributed by atoms with E-state index in [4.69, 9.17) is 16.3 Å². The van der Waals surface area contributed by atoms with Crippen molar-refractivity contribution in [3.63, 3.8) is 0 Å². The van der Waals surface area contributed by atoms with Gasteiger partial charge in [-0.25, -0.2) is 0 Å². The first-order valence-corrected chi connectivity index (χ1v) is 5.99. The molecular weight excluding hydrogens is 422 g/mol. The largest absolute Gasteiger partial charge is 0.496 e. The van der Waals surface area contributed by atoms with E-state index in [9.17, 15) is 0 Å². The quantitative estimate of drug-likeness (QED) is 0.366. The van der Waals surface area contributed by atoms with Crippen molar-refractivity contribution >= 4 is 66.1 Å². The van der Waals surface area contributed by atoms with E-state index in [-0.39, 0.29) is 0 Å². The molecule has 0 heterocycles. The minimum atomic E-state index is 0.667. The zero-order valence-electron chi connectivity index (χ0n) is 6.00. The molecule has 0 atom stereocenters. The van der Waals surface area contributed by atoms with Gasteiger partial charge in [-0.3, -0.25) is 0 Å². The number of ether oxygens (including phenoxy) is 1. The lowest BCUT2D eigenvalue weighted by molar-refractivity contribution is 0.411. The van der Waals surface area contributed by atoms with Crippen LogP contribution in [0.5, 0.6) is 5.75 Å². The summed E-state index contributed by atoms with van der Waals surface area (Å²) in [6.45, 7) is 0. The number of hydrogen-bond donors (Lipinski definition) is 0. The van der Waals surface area contributed by atoms with Crippen molar-refractivity contribution in [3.05, 3.63) is 23.6 Å². The molecule has 0 saturated heterocycles. The second kappa shape index (κ2) is 4.48. The van der Waals surface area contributed by atoms with Gasteiger partial charge in [0.15, 0.2) is 0 Å². The molecule has 5 heteroatoms. The summed E-state index contributed by atoms with van der Waals surface area (Å²) >= 11 is 14.8. The van der Waals surface area contributed by atoms with Crippen molar-refractivity contribution in [2.45, 2.75) is 0 Å². The maximum atomic E-state index is 5.96. The lowest BCUT2D eigenvalue weighted by Crippen LogP contribution is -1.89. The zero-order chi connectivity index (χ0) is 9.30. The predicted octanol–water partition coefficient (Wildman–Crippen LogP) is 4.48. The van der Waals surface area contributed by atoms with Crippen molar-refractivity contribution in [3.8, 4) is 5.75 Å². The van der Waals surface area contributed by atoms with Gasteiger partial charge in [0, 0.05) is 4.47 Å². The van der Waals surface area contributed by atoms with Crippen molar-refractivity contribution in [2.24, 2.45) is 0 Å². The van der Waals surface area contributed by atoms with Crippen LogP contribution in [0.1, 0.15) is 0 Å². The van der Waals surface area contributed by atoms with Crippen LogP contribution < -0.4 is 4.74 Å². The van der Waals surface area contributed by atoms with Crippen molar-refractivity contribution < 1.29 is 4.74 Å². The SMILES string of the molecule is COc1cc(Br)c(Cl)c(Br)c1I. The Morgan fingerprint density at radius 2 is 2.08 bits per heavy atom. The molecular formula is C7H4Br2ClIO. The molecule has 0 aliphatic carbocycles. The molecule has 0 saturated carbocycles. The smallest absolute Gasteiger partial charge is 0.134 e. The van der Waals surface area contributed by atoms with Gasteiger partial charge in [-0.15, -0.1) is 0 Å². The number of hydrogen-bond acceptors (Lipinski definition) is 1. The molecule has 12 heavy (non-hydrogen) atoms. The predicted molar refractivity (Wildman–Crippen MR) is 66.1 cm³/mol. The fourth-order valence-electron chi connectivity index (χ4n) is 0.700. The first-order valence-electron chi connectivity index (χ1n) is 2.95. The first-order chi connectivity index (χ1) is 5.57. The van der Waals surface area contributed by atoms with E-state index in [1.807, 2.05) is 6.07 Å². The summed E-state index contributed by atoms with van der Waals surface area (Å²) in [6.07, 6.45) is 0. The lowest BCUT2D eigenvalue weighted by Gasteiger charge is -2.07. The Balaban J connectivity index is 3.39. The average Bonchev–Trinajstić information content (AvgIpc) is 2.08. The van der Waals surface area contributed by atoms with Crippen LogP contribution in [0.25, 0.3) is 0 Å². The van der Waals surface area contributed by atoms with E-state index in [2.05, 4.69) is 54.5 Å². The average molecular weight is 426 g/mol.